The summed E-state index contributed by atoms with van der Waals surface area (Å²) in [7, 11) is 0. The van der Waals surface area contributed by atoms with Crippen molar-refractivity contribution in [3.8, 4) is 5.82 Å². The summed E-state index contributed by atoms with van der Waals surface area (Å²) in [4.78, 5) is 20.3. The minimum atomic E-state index is -0.0888. The van der Waals surface area contributed by atoms with Crippen LogP contribution in [0.1, 0.15) is 6.42 Å². The average molecular weight is 299 g/mol. The highest BCUT2D eigenvalue weighted by Gasteiger charge is 2.06. The Morgan fingerprint density at radius 3 is 2.86 bits per heavy atom. The smallest absolute Gasteiger partial charge is 0.225 e. The largest absolute Gasteiger partial charge is 0.323 e. The van der Waals surface area contributed by atoms with Gasteiger partial charge in [-0.1, -0.05) is 12.1 Å². The van der Waals surface area contributed by atoms with Crippen molar-refractivity contribution in [2.45, 2.75) is 6.42 Å². The summed E-state index contributed by atoms with van der Waals surface area (Å²) in [6.45, 7) is 0. The van der Waals surface area contributed by atoms with E-state index in [2.05, 4.69) is 33.0 Å². The predicted octanol–water partition coefficient (Wildman–Crippen LogP) is 2.07. The lowest BCUT2D eigenvalue weighted by Gasteiger charge is -2.02. The third kappa shape index (κ3) is 3.03. The molecule has 0 spiro atoms. The van der Waals surface area contributed by atoms with Gasteiger partial charge in [-0.25, -0.2) is 9.67 Å². The van der Waals surface area contributed by atoms with E-state index in [0.717, 1.165) is 11.0 Å². The lowest BCUT2D eigenvalue weighted by atomic mass is 10.3. The van der Waals surface area contributed by atoms with Crippen molar-refractivity contribution in [3.05, 3.63) is 42.9 Å². The highest BCUT2D eigenvalue weighted by Crippen LogP contribution is 2.13. The molecule has 0 atom stereocenters. The second-order valence-corrected chi connectivity index (χ2v) is 4.86. The van der Waals surface area contributed by atoms with Gasteiger partial charge in [0.1, 0.15) is 0 Å². The van der Waals surface area contributed by atoms with Gasteiger partial charge in [-0.2, -0.15) is 17.7 Å². The van der Waals surface area contributed by atoms with E-state index in [1.54, 1.807) is 23.3 Å². The van der Waals surface area contributed by atoms with Gasteiger partial charge in [-0.3, -0.25) is 9.78 Å². The summed E-state index contributed by atoms with van der Waals surface area (Å²) in [5, 5.41) is 6.94. The van der Waals surface area contributed by atoms with Crippen molar-refractivity contribution >= 4 is 35.3 Å². The molecule has 0 fully saturated rings. The fraction of sp³-hybridized carbons (Fsp3) is 0.143. The molecule has 0 bridgehead atoms. The molecule has 1 aromatic carbocycles. The van der Waals surface area contributed by atoms with E-state index < -0.39 is 0 Å². The molecule has 2 aromatic heterocycles. The maximum atomic E-state index is 11.5. The van der Waals surface area contributed by atoms with Gasteiger partial charge in [0.05, 0.1) is 35.3 Å². The van der Waals surface area contributed by atoms with E-state index in [1.807, 2.05) is 24.3 Å². The van der Waals surface area contributed by atoms with Gasteiger partial charge < -0.3 is 5.32 Å². The fourth-order valence-electron chi connectivity index (χ4n) is 1.90. The number of carbonyl (C=O) groups is 1. The number of benzene rings is 1. The van der Waals surface area contributed by atoms with Crippen LogP contribution in [0.15, 0.2) is 42.9 Å². The summed E-state index contributed by atoms with van der Waals surface area (Å²) in [6.07, 6.45) is 5.29. The van der Waals surface area contributed by atoms with Crippen LogP contribution in [-0.4, -0.2) is 31.4 Å². The lowest BCUT2D eigenvalue weighted by molar-refractivity contribution is -0.115. The summed E-state index contributed by atoms with van der Waals surface area (Å²) < 4.78 is 1.58. The number of nitrogens with zero attached hydrogens (tertiary/aromatic N) is 4. The topological polar surface area (TPSA) is 72.7 Å². The van der Waals surface area contributed by atoms with Gasteiger partial charge in [0, 0.05) is 6.42 Å². The Morgan fingerprint density at radius 1 is 1.24 bits per heavy atom. The minimum Gasteiger partial charge on any atom is -0.323 e. The summed E-state index contributed by atoms with van der Waals surface area (Å²) in [5.41, 5.74) is 2.25. The Morgan fingerprint density at radius 2 is 2.05 bits per heavy atom. The van der Waals surface area contributed by atoms with Gasteiger partial charge in [0.25, 0.3) is 0 Å². The Bertz CT molecular complexity index is 786. The molecule has 1 amide bonds. The Balaban J connectivity index is 1.85. The molecular weight excluding hydrogens is 286 g/mol. The van der Waals surface area contributed by atoms with Crippen LogP contribution in [0.3, 0.4) is 0 Å². The summed E-state index contributed by atoms with van der Waals surface area (Å²) in [6, 6.07) is 7.62. The van der Waals surface area contributed by atoms with E-state index in [1.165, 1.54) is 0 Å². The minimum absolute atomic E-state index is 0.0888. The third-order valence-corrected chi connectivity index (χ3v) is 3.10. The first-order valence-electron chi connectivity index (χ1n) is 6.44. The lowest BCUT2D eigenvalue weighted by Crippen LogP contribution is -2.11. The van der Waals surface area contributed by atoms with E-state index in [4.69, 9.17) is 0 Å². The van der Waals surface area contributed by atoms with Crippen molar-refractivity contribution in [2.24, 2.45) is 0 Å². The van der Waals surface area contributed by atoms with Gasteiger partial charge in [0.15, 0.2) is 5.82 Å². The summed E-state index contributed by atoms with van der Waals surface area (Å²) in [5.74, 6) is 1.02. The number of thiol groups is 1. The first-order valence-corrected chi connectivity index (χ1v) is 7.07. The number of nitrogens with one attached hydrogen (secondary N) is 1. The molecule has 0 saturated heterocycles. The van der Waals surface area contributed by atoms with E-state index in [-0.39, 0.29) is 5.91 Å². The van der Waals surface area contributed by atoms with Crippen LogP contribution in [0, 0.1) is 0 Å². The normalized spacial score (nSPS) is 10.7. The molecule has 0 saturated carbocycles. The molecular formula is C14H13N5OS. The summed E-state index contributed by atoms with van der Waals surface area (Å²) >= 11 is 4.02. The maximum absolute atomic E-state index is 11.5. The average Bonchev–Trinajstić information content (AvgIpc) is 2.95. The van der Waals surface area contributed by atoms with Crippen LogP contribution in [0.2, 0.25) is 0 Å². The van der Waals surface area contributed by atoms with Crippen LogP contribution in [0.25, 0.3) is 16.9 Å². The molecule has 0 aliphatic rings. The quantitative estimate of drug-likeness (QED) is 0.723. The van der Waals surface area contributed by atoms with Crippen molar-refractivity contribution in [1.82, 2.24) is 19.7 Å². The van der Waals surface area contributed by atoms with Crippen LogP contribution < -0.4 is 5.32 Å². The molecule has 0 unspecified atom stereocenters. The molecule has 6 nitrogen and oxygen atoms in total. The van der Waals surface area contributed by atoms with Crippen molar-refractivity contribution < 1.29 is 4.79 Å². The molecule has 7 heteroatoms. The second-order valence-electron chi connectivity index (χ2n) is 4.41. The van der Waals surface area contributed by atoms with Gasteiger partial charge in [-0.05, 0) is 17.9 Å². The number of rotatable bonds is 4. The van der Waals surface area contributed by atoms with Crippen LogP contribution >= 0.6 is 12.6 Å². The van der Waals surface area contributed by atoms with Crippen LogP contribution in [0.4, 0.5) is 5.69 Å². The zero-order chi connectivity index (χ0) is 14.7. The number of carbonyl (C=O) groups excluding carboxylic acids is 1. The predicted molar refractivity (Wildman–Crippen MR) is 83.8 cm³/mol. The highest BCUT2D eigenvalue weighted by atomic mass is 32.1. The number of hydrogen-bond acceptors (Lipinski definition) is 5. The fourth-order valence-corrected chi connectivity index (χ4v) is 2.10. The zero-order valence-corrected chi connectivity index (χ0v) is 12.0. The van der Waals surface area contributed by atoms with E-state index in [0.29, 0.717) is 23.7 Å². The Hall–Kier alpha value is -2.41. The SMILES string of the molecule is O=C(CCS)Nc1cnn(-c2cnc3ccccc3n2)c1. The van der Waals surface area contributed by atoms with Gasteiger partial charge in [0.2, 0.25) is 5.91 Å². The Kier molecular flexibility index (Phi) is 3.83. The number of para-hydroxylation sites is 2. The number of aromatic nitrogens is 4. The van der Waals surface area contributed by atoms with Crippen LogP contribution in [0.5, 0.6) is 0 Å². The molecule has 3 rings (SSSR count). The molecule has 21 heavy (non-hydrogen) atoms. The van der Waals surface area contributed by atoms with Gasteiger partial charge >= 0.3 is 0 Å². The van der Waals surface area contributed by atoms with E-state index >= 15 is 0 Å². The highest BCUT2D eigenvalue weighted by molar-refractivity contribution is 7.80. The molecule has 106 valence electrons. The second kappa shape index (κ2) is 5.92. The monoisotopic (exact) mass is 299 g/mol. The van der Waals surface area contributed by atoms with Crippen molar-refractivity contribution in [1.29, 1.82) is 0 Å². The molecule has 2 heterocycles. The van der Waals surface area contributed by atoms with Crippen LogP contribution in [-0.2, 0) is 4.79 Å². The standard InChI is InChI=1S/C14H13N5OS/c20-14(5-6-21)17-10-7-16-19(9-10)13-8-15-11-3-1-2-4-12(11)18-13/h1-4,7-9,21H,5-6H2,(H,17,20). The molecule has 0 aliphatic carbocycles. The molecule has 0 radical (unpaired) electrons. The first kappa shape index (κ1) is 13.6. The molecule has 1 N–H and O–H groups in total. The number of fused-ring (bicyclic) bond motifs is 1. The van der Waals surface area contributed by atoms with Crippen molar-refractivity contribution in [2.75, 3.05) is 11.1 Å². The van der Waals surface area contributed by atoms with Gasteiger partial charge in [-0.15, -0.1) is 0 Å². The first-order chi connectivity index (χ1) is 10.3. The number of hydrogen-bond donors (Lipinski definition) is 2. The molecule has 0 aliphatic heterocycles. The maximum Gasteiger partial charge on any atom is 0.225 e. The third-order valence-electron chi connectivity index (χ3n) is 2.88. The zero-order valence-electron chi connectivity index (χ0n) is 11.1. The van der Waals surface area contributed by atoms with Crippen molar-refractivity contribution in [3.63, 3.8) is 0 Å². The Labute approximate surface area is 126 Å². The van der Waals surface area contributed by atoms with E-state index in [9.17, 15) is 4.79 Å². The number of anilines is 1. The number of amides is 1. The molecule has 3 aromatic rings.